The molecule has 1 aliphatic rings. The zero-order valence-corrected chi connectivity index (χ0v) is 11.8. The van der Waals surface area contributed by atoms with Crippen LogP contribution in [0.1, 0.15) is 46.8 Å². The first-order valence-electron chi connectivity index (χ1n) is 6.68. The average molecular weight is 275 g/mol. The third-order valence-corrected chi connectivity index (χ3v) is 3.69. The van der Waals surface area contributed by atoms with E-state index in [1.165, 1.54) is 0 Å². The summed E-state index contributed by atoms with van der Waals surface area (Å²) in [7, 11) is 1.83. The number of aryl methyl sites for hydroxylation is 3. The summed E-state index contributed by atoms with van der Waals surface area (Å²) in [6.07, 6.45) is 1.80. The van der Waals surface area contributed by atoms with Crippen molar-refractivity contribution in [2.45, 2.75) is 32.7 Å². The van der Waals surface area contributed by atoms with E-state index < -0.39 is 0 Å². The van der Waals surface area contributed by atoms with Gasteiger partial charge in [0.05, 0.1) is 6.04 Å². The first kappa shape index (κ1) is 12.8. The number of hydrogen-bond donors (Lipinski definition) is 0. The Hall–Kier alpha value is -2.18. The molecule has 0 saturated carbocycles. The minimum atomic E-state index is -0.109. The maximum absolute atomic E-state index is 12.6. The molecule has 0 N–H and O–H groups in total. The van der Waals surface area contributed by atoms with E-state index in [4.69, 9.17) is 4.52 Å². The molecule has 1 saturated heterocycles. The second-order valence-corrected chi connectivity index (χ2v) is 5.12. The van der Waals surface area contributed by atoms with Gasteiger partial charge in [-0.15, -0.1) is 0 Å². The van der Waals surface area contributed by atoms with Crippen molar-refractivity contribution in [2.75, 3.05) is 6.54 Å². The number of carbonyl (C=O) groups excluding carboxylic acids is 1. The molecule has 1 amide bonds. The van der Waals surface area contributed by atoms with Crippen LogP contribution in [0.2, 0.25) is 0 Å². The number of hydrogen-bond acceptors (Lipinski definition) is 5. The predicted molar refractivity (Wildman–Crippen MR) is 70.0 cm³/mol. The highest BCUT2D eigenvalue weighted by Gasteiger charge is 2.34. The van der Waals surface area contributed by atoms with E-state index in [2.05, 4.69) is 15.2 Å². The van der Waals surface area contributed by atoms with Crippen molar-refractivity contribution in [3.05, 3.63) is 29.2 Å². The second kappa shape index (κ2) is 4.73. The molecule has 3 heterocycles. The first-order chi connectivity index (χ1) is 9.56. The van der Waals surface area contributed by atoms with Gasteiger partial charge in [-0.2, -0.15) is 10.1 Å². The van der Waals surface area contributed by atoms with Gasteiger partial charge in [-0.1, -0.05) is 5.16 Å². The van der Waals surface area contributed by atoms with E-state index in [1.807, 2.05) is 14.0 Å². The van der Waals surface area contributed by atoms with Gasteiger partial charge >= 0.3 is 0 Å². The number of likely N-dealkylation sites (tertiary alicyclic amines) is 1. The molecule has 2 aromatic rings. The molecule has 0 unspecified atom stereocenters. The molecule has 1 aliphatic heterocycles. The standard InChI is InChI=1S/C13H17N5O2/c1-8-7-10(15-17(8)3)13(19)18-6-4-5-11(18)12-14-9(2)20-16-12/h7,11H,4-6H2,1-3H3/t11-/m1/s1. The molecule has 2 aromatic heterocycles. The lowest BCUT2D eigenvalue weighted by Crippen LogP contribution is -2.31. The fourth-order valence-electron chi connectivity index (χ4n) is 2.54. The van der Waals surface area contributed by atoms with E-state index >= 15 is 0 Å². The Morgan fingerprint density at radius 3 is 2.85 bits per heavy atom. The molecule has 7 heteroatoms. The fraction of sp³-hybridized carbons (Fsp3) is 0.538. The van der Waals surface area contributed by atoms with Crippen molar-refractivity contribution in [1.82, 2.24) is 24.8 Å². The van der Waals surface area contributed by atoms with E-state index in [1.54, 1.807) is 22.6 Å². The van der Waals surface area contributed by atoms with Gasteiger partial charge < -0.3 is 9.42 Å². The molecule has 0 spiro atoms. The number of rotatable bonds is 2. The molecule has 106 valence electrons. The lowest BCUT2D eigenvalue weighted by Gasteiger charge is -2.20. The molecule has 0 bridgehead atoms. The maximum atomic E-state index is 12.6. The van der Waals surface area contributed by atoms with Gasteiger partial charge in [0.15, 0.2) is 11.5 Å². The van der Waals surface area contributed by atoms with Crippen LogP contribution in [-0.2, 0) is 7.05 Å². The normalized spacial score (nSPS) is 18.8. The quantitative estimate of drug-likeness (QED) is 0.828. The summed E-state index contributed by atoms with van der Waals surface area (Å²) in [4.78, 5) is 18.6. The largest absolute Gasteiger partial charge is 0.340 e. The fourth-order valence-corrected chi connectivity index (χ4v) is 2.54. The summed E-state index contributed by atoms with van der Waals surface area (Å²) in [5.41, 5.74) is 1.43. The predicted octanol–water partition coefficient (Wildman–Crippen LogP) is 1.40. The Morgan fingerprint density at radius 2 is 2.25 bits per heavy atom. The summed E-state index contributed by atoms with van der Waals surface area (Å²) in [6, 6.07) is 1.70. The highest BCUT2D eigenvalue weighted by molar-refractivity contribution is 5.92. The highest BCUT2D eigenvalue weighted by atomic mass is 16.5. The summed E-state index contributed by atoms with van der Waals surface area (Å²) in [6.45, 7) is 4.38. The van der Waals surface area contributed by atoms with Crippen LogP contribution in [0.3, 0.4) is 0 Å². The van der Waals surface area contributed by atoms with Crippen LogP contribution in [0, 0.1) is 13.8 Å². The average Bonchev–Trinajstić information content (AvgIpc) is 3.10. The summed E-state index contributed by atoms with van der Waals surface area (Å²) < 4.78 is 6.72. The van der Waals surface area contributed by atoms with Crippen LogP contribution < -0.4 is 0 Å². The van der Waals surface area contributed by atoms with Crippen molar-refractivity contribution in [3.63, 3.8) is 0 Å². The molecule has 1 fully saturated rings. The first-order valence-corrected chi connectivity index (χ1v) is 6.68. The molecule has 0 aromatic carbocycles. The Labute approximate surface area is 116 Å². The lowest BCUT2D eigenvalue weighted by atomic mass is 10.2. The van der Waals surface area contributed by atoms with Crippen molar-refractivity contribution >= 4 is 5.91 Å². The smallest absolute Gasteiger partial charge is 0.274 e. The van der Waals surface area contributed by atoms with Crippen molar-refractivity contribution in [3.8, 4) is 0 Å². The van der Waals surface area contributed by atoms with Gasteiger partial charge in [0.25, 0.3) is 5.91 Å². The topological polar surface area (TPSA) is 77.1 Å². The van der Waals surface area contributed by atoms with Gasteiger partial charge in [0.1, 0.15) is 0 Å². The van der Waals surface area contributed by atoms with Crippen molar-refractivity contribution in [1.29, 1.82) is 0 Å². The van der Waals surface area contributed by atoms with Gasteiger partial charge in [-0.05, 0) is 25.8 Å². The molecule has 7 nitrogen and oxygen atoms in total. The number of amides is 1. The number of nitrogens with zero attached hydrogens (tertiary/aromatic N) is 5. The van der Waals surface area contributed by atoms with Gasteiger partial charge in [0.2, 0.25) is 5.89 Å². The number of carbonyl (C=O) groups is 1. The summed E-state index contributed by atoms with van der Waals surface area (Å²) >= 11 is 0. The molecule has 20 heavy (non-hydrogen) atoms. The zero-order valence-electron chi connectivity index (χ0n) is 11.8. The Bertz CT molecular complexity index is 625. The van der Waals surface area contributed by atoms with E-state index in [-0.39, 0.29) is 11.9 Å². The SMILES string of the molecule is Cc1nc([C@H]2CCCN2C(=O)c2cc(C)n(C)n2)no1. The van der Waals surface area contributed by atoms with Crippen LogP contribution >= 0.6 is 0 Å². The molecule has 3 rings (SSSR count). The Balaban J connectivity index is 1.86. The van der Waals surface area contributed by atoms with Crippen LogP contribution in [0.4, 0.5) is 0 Å². The monoisotopic (exact) mass is 275 g/mol. The van der Waals surface area contributed by atoms with Crippen LogP contribution in [0.15, 0.2) is 10.6 Å². The van der Waals surface area contributed by atoms with Crippen LogP contribution in [0.5, 0.6) is 0 Å². The summed E-state index contributed by atoms with van der Waals surface area (Å²) in [5, 5.41) is 8.19. The van der Waals surface area contributed by atoms with E-state index in [0.717, 1.165) is 18.5 Å². The van der Waals surface area contributed by atoms with Gasteiger partial charge in [0, 0.05) is 26.2 Å². The third kappa shape index (κ3) is 2.09. The maximum Gasteiger partial charge on any atom is 0.274 e. The molecular formula is C13H17N5O2. The molecule has 0 radical (unpaired) electrons. The van der Waals surface area contributed by atoms with Crippen molar-refractivity contribution < 1.29 is 9.32 Å². The third-order valence-electron chi connectivity index (χ3n) is 3.69. The Morgan fingerprint density at radius 1 is 1.45 bits per heavy atom. The van der Waals surface area contributed by atoms with E-state index in [0.29, 0.717) is 24.0 Å². The van der Waals surface area contributed by atoms with Crippen molar-refractivity contribution in [2.24, 2.45) is 7.05 Å². The highest BCUT2D eigenvalue weighted by Crippen LogP contribution is 2.31. The second-order valence-electron chi connectivity index (χ2n) is 5.12. The van der Waals surface area contributed by atoms with E-state index in [9.17, 15) is 4.79 Å². The molecule has 0 aliphatic carbocycles. The molecule has 1 atom stereocenters. The van der Waals surface area contributed by atoms with Crippen LogP contribution in [0.25, 0.3) is 0 Å². The molecular weight excluding hydrogens is 258 g/mol. The summed E-state index contributed by atoms with van der Waals surface area (Å²) in [5.74, 6) is 1.03. The van der Waals surface area contributed by atoms with Gasteiger partial charge in [-0.3, -0.25) is 9.48 Å². The Kier molecular flexibility index (Phi) is 3.04. The number of aromatic nitrogens is 4. The van der Waals surface area contributed by atoms with Crippen LogP contribution in [-0.4, -0.2) is 37.3 Å². The zero-order chi connectivity index (χ0) is 14.3. The lowest BCUT2D eigenvalue weighted by molar-refractivity contribution is 0.0721. The minimum absolute atomic E-state index is 0.0707. The minimum Gasteiger partial charge on any atom is -0.340 e. The van der Waals surface area contributed by atoms with Gasteiger partial charge in [-0.25, -0.2) is 0 Å².